The first-order valence-corrected chi connectivity index (χ1v) is 10.0. The smallest absolute Gasteiger partial charge is 0.0408 e. The molecule has 1 aromatic rings. The van der Waals surface area contributed by atoms with Crippen molar-refractivity contribution in [2.24, 2.45) is 0 Å². The van der Waals surface area contributed by atoms with E-state index in [0.717, 1.165) is 11.4 Å². The van der Waals surface area contributed by atoms with Crippen LogP contribution in [0.15, 0.2) is 22.7 Å². The molecular formula is C17H24Br2N2. The van der Waals surface area contributed by atoms with Gasteiger partial charge in [0.05, 0.1) is 0 Å². The topological polar surface area (TPSA) is 6.48 Å². The molecule has 4 heteroatoms. The first-order valence-electron chi connectivity index (χ1n) is 8.11. The van der Waals surface area contributed by atoms with E-state index in [-0.39, 0.29) is 0 Å². The van der Waals surface area contributed by atoms with Gasteiger partial charge in [-0.15, -0.1) is 0 Å². The van der Waals surface area contributed by atoms with Crippen molar-refractivity contribution in [3.05, 3.63) is 28.2 Å². The normalized spacial score (nSPS) is 21.7. The maximum Gasteiger partial charge on any atom is 0.0408 e. The van der Waals surface area contributed by atoms with Crippen molar-refractivity contribution >= 4 is 37.5 Å². The average molecular weight is 416 g/mol. The first-order chi connectivity index (χ1) is 10.3. The summed E-state index contributed by atoms with van der Waals surface area (Å²) in [5, 5.41) is 0.924. The van der Waals surface area contributed by atoms with Crippen molar-refractivity contribution in [1.82, 2.24) is 4.90 Å². The van der Waals surface area contributed by atoms with Gasteiger partial charge in [0.1, 0.15) is 0 Å². The van der Waals surface area contributed by atoms with Gasteiger partial charge in [0.2, 0.25) is 0 Å². The van der Waals surface area contributed by atoms with E-state index < -0.39 is 0 Å². The SMILES string of the molecule is BrCc1cc(Br)ccc1N1CCC(N2CCCCC2)CC1. The molecule has 0 radical (unpaired) electrons. The number of nitrogens with zero attached hydrogens (tertiary/aromatic N) is 2. The van der Waals surface area contributed by atoms with Crippen LogP contribution in [-0.2, 0) is 5.33 Å². The van der Waals surface area contributed by atoms with Crippen molar-refractivity contribution in [2.45, 2.75) is 43.5 Å². The molecule has 2 nitrogen and oxygen atoms in total. The van der Waals surface area contributed by atoms with Gasteiger partial charge >= 0.3 is 0 Å². The summed E-state index contributed by atoms with van der Waals surface area (Å²) >= 11 is 7.20. The molecule has 2 saturated heterocycles. The van der Waals surface area contributed by atoms with Gasteiger partial charge in [-0.25, -0.2) is 0 Å². The van der Waals surface area contributed by atoms with Crippen LogP contribution in [-0.4, -0.2) is 37.1 Å². The number of rotatable bonds is 3. The minimum absolute atomic E-state index is 0.824. The summed E-state index contributed by atoms with van der Waals surface area (Å²) in [4.78, 5) is 5.32. The number of anilines is 1. The predicted molar refractivity (Wildman–Crippen MR) is 97.4 cm³/mol. The zero-order valence-electron chi connectivity index (χ0n) is 12.5. The van der Waals surface area contributed by atoms with Crippen LogP contribution in [0.4, 0.5) is 5.69 Å². The van der Waals surface area contributed by atoms with Gasteiger partial charge in [0.25, 0.3) is 0 Å². The molecule has 0 saturated carbocycles. The van der Waals surface area contributed by atoms with Crippen LogP contribution in [0.1, 0.15) is 37.7 Å². The molecule has 2 fully saturated rings. The monoisotopic (exact) mass is 414 g/mol. The van der Waals surface area contributed by atoms with Crippen molar-refractivity contribution in [1.29, 1.82) is 0 Å². The average Bonchev–Trinajstić information content (AvgIpc) is 2.56. The second kappa shape index (κ2) is 7.47. The van der Waals surface area contributed by atoms with E-state index in [9.17, 15) is 0 Å². The lowest BCUT2D eigenvalue weighted by atomic mass is 9.99. The van der Waals surface area contributed by atoms with Crippen molar-refractivity contribution in [2.75, 3.05) is 31.1 Å². The Balaban J connectivity index is 1.62. The molecule has 0 aliphatic carbocycles. The molecule has 116 valence electrons. The zero-order chi connectivity index (χ0) is 14.7. The molecule has 0 atom stereocenters. The summed E-state index contributed by atoms with van der Waals surface area (Å²) in [6.45, 7) is 5.05. The Morgan fingerprint density at radius 1 is 1.00 bits per heavy atom. The van der Waals surface area contributed by atoms with Crippen LogP contribution in [0.3, 0.4) is 0 Å². The Morgan fingerprint density at radius 2 is 1.71 bits per heavy atom. The predicted octanol–water partition coefficient (Wildman–Crippen LogP) is 4.80. The van der Waals surface area contributed by atoms with Gasteiger partial charge in [-0.1, -0.05) is 38.3 Å². The van der Waals surface area contributed by atoms with E-state index >= 15 is 0 Å². The number of alkyl halides is 1. The Labute approximate surface area is 145 Å². The molecule has 2 aliphatic heterocycles. The van der Waals surface area contributed by atoms with Crippen molar-refractivity contribution in [3.63, 3.8) is 0 Å². The Hall–Kier alpha value is -0.0600. The fraction of sp³-hybridized carbons (Fsp3) is 0.647. The molecule has 2 heterocycles. The van der Waals surface area contributed by atoms with Gasteiger partial charge in [-0.05, 0) is 62.5 Å². The highest BCUT2D eigenvalue weighted by Gasteiger charge is 2.26. The molecule has 21 heavy (non-hydrogen) atoms. The summed E-state index contributed by atoms with van der Waals surface area (Å²) in [6.07, 6.45) is 6.87. The summed E-state index contributed by atoms with van der Waals surface area (Å²) in [7, 11) is 0. The summed E-state index contributed by atoms with van der Waals surface area (Å²) < 4.78 is 1.17. The van der Waals surface area contributed by atoms with Crippen molar-refractivity contribution in [3.8, 4) is 0 Å². The number of halogens is 2. The third-order valence-electron chi connectivity index (χ3n) is 4.90. The lowest BCUT2D eigenvalue weighted by Gasteiger charge is -2.41. The minimum atomic E-state index is 0.824. The lowest BCUT2D eigenvalue weighted by Crippen LogP contribution is -2.46. The van der Waals surface area contributed by atoms with Crippen molar-refractivity contribution < 1.29 is 0 Å². The van der Waals surface area contributed by atoms with Crippen LogP contribution < -0.4 is 4.90 Å². The van der Waals surface area contributed by atoms with Gasteiger partial charge in [-0.3, -0.25) is 0 Å². The summed E-state index contributed by atoms with van der Waals surface area (Å²) in [5.41, 5.74) is 2.80. The second-order valence-corrected chi connectivity index (χ2v) is 7.70. The van der Waals surface area contributed by atoms with E-state index in [0.29, 0.717) is 0 Å². The molecule has 2 aliphatic rings. The standard InChI is InChI=1S/C17H24Br2N2/c18-13-14-12-15(19)4-5-17(14)21-10-6-16(7-11-21)20-8-2-1-3-9-20/h4-5,12,16H,1-3,6-11,13H2. The molecule has 0 N–H and O–H groups in total. The molecule has 1 aromatic carbocycles. The quantitative estimate of drug-likeness (QED) is 0.654. The van der Waals surface area contributed by atoms with E-state index in [1.165, 1.54) is 74.0 Å². The number of hydrogen-bond acceptors (Lipinski definition) is 2. The Bertz CT molecular complexity index is 464. The highest BCUT2D eigenvalue weighted by atomic mass is 79.9. The molecule has 3 rings (SSSR count). The Kier molecular flexibility index (Phi) is 5.63. The van der Waals surface area contributed by atoms with E-state index in [1.807, 2.05) is 0 Å². The summed E-state index contributed by atoms with van der Waals surface area (Å²) in [6, 6.07) is 7.49. The third-order valence-corrected chi connectivity index (χ3v) is 6.00. The highest BCUT2D eigenvalue weighted by Crippen LogP contribution is 2.30. The Morgan fingerprint density at radius 3 is 2.38 bits per heavy atom. The zero-order valence-corrected chi connectivity index (χ0v) is 15.7. The molecule has 0 aromatic heterocycles. The number of likely N-dealkylation sites (tertiary alicyclic amines) is 1. The third kappa shape index (κ3) is 3.83. The van der Waals surface area contributed by atoms with Gasteiger partial charge in [0.15, 0.2) is 0 Å². The number of piperidine rings is 2. The van der Waals surface area contributed by atoms with E-state index in [1.54, 1.807) is 0 Å². The number of hydrogen-bond donors (Lipinski definition) is 0. The van der Waals surface area contributed by atoms with Gasteiger partial charge in [-0.2, -0.15) is 0 Å². The second-order valence-electron chi connectivity index (χ2n) is 6.22. The maximum atomic E-state index is 3.63. The maximum absolute atomic E-state index is 3.63. The molecular weight excluding hydrogens is 392 g/mol. The van der Waals surface area contributed by atoms with Crippen LogP contribution in [0, 0.1) is 0 Å². The van der Waals surface area contributed by atoms with E-state index in [2.05, 4.69) is 59.9 Å². The van der Waals surface area contributed by atoms with Crippen LogP contribution >= 0.6 is 31.9 Å². The van der Waals surface area contributed by atoms with Gasteiger partial charge < -0.3 is 9.80 Å². The van der Waals surface area contributed by atoms with Crippen LogP contribution in [0.2, 0.25) is 0 Å². The van der Waals surface area contributed by atoms with Gasteiger partial charge in [0, 0.05) is 34.6 Å². The summed E-state index contributed by atoms with van der Waals surface area (Å²) in [5.74, 6) is 0. The fourth-order valence-corrected chi connectivity index (χ4v) is 4.58. The molecule has 0 spiro atoms. The van der Waals surface area contributed by atoms with E-state index in [4.69, 9.17) is 0 Å². The highest BCUT2D eigenvalue weighted by molar-refractivity contribution is 9.10. The lowest BCUT2D eigenvalue weighted by molar-refractivity contribution is 0.141. The fourth-order valence-electron chi connectivity index (χ4n) is 3.73. The van der Waals surface area contributed by atoms with Crippen LogP contribution in [0.25, 0.3) is 0 Å². The van der Waals surface area contributed by atoms with Crippen LogP contribution in [0.5, 0.6) is 0 Å². The molecule has 0 unspecified atom stereocenters. The molecule has 0 amide bonds. The number of benzene rings is 1. The minimum Gasteiger partial charge on any atom is -0.371 e. The first kappa shape index (κ1) is 15.8. The molecule has 0 bridgehead atoms. The largest absolute Gasteiger partial charge is 0.371 e.